The van der Waals surface area contributed by atoms with E-state index >= 15 is 0 Å². The van der Waals surface area contributed by atoms with Gasteiger partial charge in [-0.2, -0.15) is 0 Å². The van der Waals surface area contributed by atoms with E-state index < -0.39 is 11.5 Å². The predicted octanol–water partition coefficient (Wildman–Crippen LogP) is 3.61. The van der Waals surface area contributed by atoms with Gasteiger partial charge in [0.05, 0.1) is 19.3 Å². The van der Waals surface area contributed by atoms with Crippen molar-refractivity contribution in [2.24, 2.45) is 5.92 Å². The Hall–Kier alpha value is -1.90. The molecule has 0 saturated heterocycles. The fraction of sp³-hybridized carbons (Fsp3) is 0.318. The van der Waals surface area contributed by atoms with Crippen LogP contribution in [-0.2, 0) is 16.9 Å². The average Bonchev–Trinajstić information content (AvgIpc) is 2.90. The van der Waals surface area contributed by atoms with E-state index in [4.69, 9.17) is 9.84 Å². The molecule has 6 heteroatoms. The van der Waals surface area contributed by atoms with E-state index in [-0.39, 0.29) is 12.5 Å². The Morgan fingerprint density at radius 2 is 2.07 bits per heavy atom. The van der Waals surface area contributed by atoms with Gasteiger partial charge in [0.25, 0.3) is 5.91 Å². The van der Waals surface area contributed by atoms with E-state index in [0.29, 0.717) is 30.0 Å². The van der Waals surface area contributed by atoms with Crippen LogP contribution in [0.1, 0.15) is 24.5 Å². The number of hydrogen-bond donors (Lipinski definition) is 2. The molecule has 0 aliphatic carbocycles. The van der Waals surface area contributed by atoms with Crippen LogP contribution in [0.3, 0.4) is 0 Å². The van der Waals surface area contributed by atoms with Crippen molar-refractivity contribution >= 4 is 34.2 Å². The molecule has 0 fully saturated rings. The molecule has 1 aliphatic rings. The van der Waals surface area contributed by atoms with Crippen molar-refractivity contribution in [3.8, 4) is 5.75 Å². The standard InChI is InChI=1S/C22H24INO4/c1-15(6-3-4-11-25)22(27)19-13-18(28-2)9-10-20(19)24(21(22)26)14-16-7-5-8-17(23)12-16/h3,5-10,12-13,15,25,27H,4,11,14H2,1-2H3/b6-3+/t15-,22+/m1/s1. The van der Waals surface area contributed by atoms with Crippen molar-refractivity contribution in [3.05, 3.63) is 69.3 Å². The first-order valence-electron chi connectivity index (χ1n) is 9.16. The Kier molecular flexibility index (Phi) is 6.42. The number of aliphatic hydroxyl groups excluding tert-OH is 1. The van der Waals surface area contributed by atoms with Gasteiger partial charge >= 0.3 is 0 Å². The Labute approximate surface area is 178 Å². The first-order valence-corrected chi connectivity index (χ1v) is 10.2. The number of nitrogens with zero attached hydrogens (tertiary/aromatic N) is 1. The number of carbonyl (C=O) groups excluding carboxylic acids is 1. The molecule has 2 aromatic carbocycles. The lowest BCUT2D eigenvalue weighted by Crippen LogP contribution is -2.44. The van der Waals surface area contributed by atoms with Crippen LogP contribution in [0.4, 0.5) is 5.69 Å². The number of benzene rings is 2. The zero-order chi connectivity index (χ0) is 20.3. The molecule has 0 unspecified atom stereocenters. The third kappa shape index (κ3) is 3.81. The lowest BCUT2D eigenvalue weighted by molar-refractivity contribution is -0.139. The fourth-order valence-electron chi connectivity index (χ4n) is 3.54. The Morgan fingerprint density at radius 1 is 1.29 bits per heavy atom. The van der Waals surface area contributed by atoms with Gasteiger partial charge in [-0.3, -0.25) is 4.79 Å². The number of halogens is 1. The van der Waals surface area contributed by atoms with Gasteiger partial charge in [0.15, 0.2) is 5.60 Å². The second kappa shape index (κ2) is 8.63. The van der Waals surface area contributed by atoms with Crippen molar-refractivity contribution in [1.29, 1.82) is 0 Å². The number of rotatable bonds is 7. The van der Waals surface area contributed by atoms with E-state index in [1.165, 1.54) is 0 Å². The van der Waals surface area contributed by atoms with Gasteiger partial charge in [-0.05, 0) is 64.9 Å². The second-order valence-electron chi connectivity index (χ2n) is 6.90. The molecule has 0 saturated carbocycles. The summed E-state index contributed by atoms with van der Waals surface area (Å²) >= 11 is 2.24. The minimum Gasteiger partial charge on any atom is -0.497 e. The molecule has 0 spiro atoms. The number of anilines is 1. The number of amides is 1. The van der Waals surface area contributed by atoms with Crippen molar-refractivity contribution < 1.29 is 19.7 Å². The number of hydrogen-bond acceptors (Lipinski definition) is 4. The summed E-state index contributed by atoms with van der Waals surface area (Å²) in [6, 6.07) is 13.3. The molecule has 0 radical (unpaired) electrons. The zero-order valence-electron chi connectivity index (χ0n) is 15.9. The molecule has 1 amide bonds. The molecular weight excluding hydrogens is 469 g/mol. The van der Waals surface area contributed by atoms with Gasteiger partial charge in [0.2, 0.25) is 0 Å². The van der Waals surface area contributed by atoms with Gasteiger partial charge < -0.3 is 19.8 Å². The molecule has 2 atom stereocenters. The minimum absolute atomic E-state index is 0.0266. The first-order chi connectivity index (χ1) is 13.4. The summed E-state index contributed by atoms with van der Waals surface area (Å²) in [6.07, 6.45) is 4.05. The summed E-state index contributed by atoms with van der Waals surface area (Å²) in [5.41, 5.74) is 0.547. The number of methoxy groups -OCH3 is 1. The lowest BCUT2D eigenvalue weighted by Gasteiger charge is -2.27. The normalized spacial score (nSPS) is 19.9. The highest BCUT2D eigenvalue weighted by molar-refractivity contribution is 14.1. The van der Waals surface area contributed by atoms with Gasteiger partial charge in [-0.25, -0.2) is 0 Å². The summed E-state index contributed by atoms with van der Waals surface area (Å²) in [5, 5.41) is 20.6. The van der Waals surface area contributed by atoms with E-state index in [1.807, 2.05) is 37.3 Å². The SMILES string of the molecule is COc1ccc2c(c1)[C@@](O)([C@H](C)/C=C/CCO)C(=O)N2Cc1cccc(I)c1. The predicted molar refractivity (Wildman–Crippen MR) is 117 cm³/mol. The van der Waals surface area contributed by atoms with E-state index in [0.717, 1.165) is 9.13 Å². The minimum atomic E-state index is -1.68. The number of ether oxygens (including phenoxy) is 1. The highest BCUT2D eigenvalue weighted by atomic mass is 127. The topological polar surface area (TPSA) is 70.0 Å². The Balaban J connectivity index is 2.04. The molecule has 2 N–H and O–H groups in total. The van der Waals surface area contributed by atoms with Crippen LogP contribution in [-0.4, -0.2) is 29.8 Å². The van der Waals surface area contributed by atoms with Crippen LogP contribution in [0.15, 0.2) is 54.6 Å². The Morgan fingerprint density at radius 3 is 2.75 bits per heavy atom. The first kappa shape index (κ1) is 20.8. The van der Waals surface area contributed by atoms with Crippen molar-refractivity contribution in [2.45, 2.75) is 25.5 Å². The summed E-state index contributed by atoms with van der Waals surface area (Å²) in [4.78, 5) is 15.0. The van der Waals surface area contributed by atoms with Crippen LogP contribution < -0.4 is 9.64 Å². The van der Waals surface area contributed by atoms with Gasteiger partial charge in [-0.15, -0.1) is 0 Å². The third-order valence-electron chi connectivity index (χ3n) is 5.09. The van der Waals surface area contributed by atoms with Crippen LogP contribution in [0.2, 0.25) is 0 Å². The van der Waals surface area contributed by atoms with Crippen molar-refractivity contribution in [2.75, 3.05) is 18.6 Å². The monoisotopic (exact) mass is 493 g/mol. The summed E-state index contributed by atoms with van der Waals surface area (Å²) in [7, 11) is 1.56. The molecule has 2 aromatic rings. The fourth-order valence-corrected chi connectivity index (χ4v) is 4.15. The number of carbonyl (C=O) groups is 1. The molecule has 28 heavy (non-hydrogen) atoms. The zero-order valence-corrected chi connectivity index (χ0v) is 18.1. The maximum atomic E-state index is 13.4. The quantitative estimate of drug-likeness (QED) is 0.457. The lowest BCUT2D eigenvalue weighted by atomic mass is 9.83. The summed E-state index contributed by atoms with van der Waals surface area (Å²) in [5.74, 6) is -0.221. The Bertz CT molecular complexity index is 898. The molecule has 3 rings (SSSR count). The largest absolute Gasteiger partial charge is 0.497 e. The molecule has 0 aromatic heterocycles. The van der Waals surface area contributed by atoms with Gasteiger partial charge in [0.1, 0.15) is 5.75 Å². The van der Waals surface area contributed by atoms with Gasteiger partial charge in [0, 0.05) is 21.7 Å². The van der Waals surface area contributed by atoms with Crippen LogP contribution in [0.5, 0.6) is 5.75 Å². The van der Waals surface area contributed by atoms with Crippen molar-refractivity contribution in [3.63, 3.8) is 0 Å². The smallest absolute Gasteiger partial charge is 0.264 e. The van der Waals surface area contributed by atoms with E-state index in [9.17, 15) is 9.90 Å². The maximum absolute atomic E-state index is 13.4. The van der Waals surface area contributed by atoms with Crippen molar-refractivity contribution in [1.82, 2.24) is 0 Å². The third-order valence-corrected chi connectivity index (χ3v) is 5.76. The molecule has 5 nitrogen and oxygen atoms in total. The van der Waals surface area contributed by atoms with Crippen LogP contribution >= 0.6 is 22.6 Å². The summed E-state index contributed by atoms with van der Waals surface area (Å²) in [6.45, 7) is 2.22. The highest BCUT2D eigenvalue weighted by Gasteiger charge is 2.52. The highest BCUT2D eigenvalue weighted by Crippen LogP contribution is 2.47. The van der Waals surface area contributed by atoms with Crippen LogP contribution in [0.25, 0.3) is 0 Å². The van der Waals surface area contributed by atoms with E-state index in [2.05, 4.69) is 22.6 Å². The summed E-state index contributed by atoms with van der Waals surface area (Å²) < 4.78 is 6.41. The molecule has 1 heterocycles. The van der Waals surface area contributed by atoms with Crippen LogP contribution in [0, 0.1) is 9.49 Å². The second-order valence-corrected chi connectivity index (χ2v) is 8.15. The maximum Gasteiger partial charge on any atom is 0.264 e. The molecule has 148 valence electrons. The molecule has 1 aliphatic heterocycles. The number of fused-ring (bicyclic) bond motifs is 1. The average molecular weight is 493 g/mol. The van der Waals surface area contributed by atoms with E-state index in [1.54, 1.807) is 36.3 Å². The van der Waals surface area contributed by atoms with Gasteiger partial charge in [-0.1, -0.05) is 31.2 Å². The molecule has 0 bridgehead atoms. The molecular formula is C22H24INO4. The number of aliphatic hydroxyl groups is 2.